The molecule has 1 atom stereocenters. The monoisotopic (exact) mass is 283 g/mol. The van der Waals surface area contributed by atoms with E-state index in [0.717, 1.165) is 6.39 Å². The van der Waals surface area contributed by atoms with Gasteiger partial charge in [0.25, 0.3) is 0 Å². The predicted octanol–water partition coefficient (Wildman–Crippen LogP) is 0.601. The predicted molar refractivity (Wildman–Crippen MR) is 65.4 cm³/mol. The first-order chi connectivity index (χ1) is 8.99. The molecule has 8 heteroatoms. The number of benzene rings is 1. The van der Waals surface area contributed by atoms with Crippen molar-refractivity contribution in [2.45, 2.75) is 24.5 Å². The second-order valence-electron chi connectivity index (χ2n) is 3.92. The molecule has 1 aromatic carbocycles. The first kappa shape index (κ1) is 13.7. The van der Waals surface area contributed by atoms with Crippen molar-refractivity contribution in [2.75, 3.05) is 0 Å². The van der Waals surface area contributed by atoms with Gasteiger partial charge in [0, 0.05) is 0 Å². The second-order valence-corrected chi connectivity index (χ2v) is 5.68. The van der Waals surface area contributed by atoms with Crippen molar-refractivity contribution >= 4 is 10.0 Å². The van der Waals surface area contributed by atoms with Crippen LogP contribution in [0.1, 0.15) is 24.4 Å². The number of hydrogen-bond donors (Lipinski definition) is 2. The van der Waals surface area contributed by atoms with Crippen LogP contribution in [-0.2, 0) is 16.6 Å². The van der Waals surface area contributed by atoms with Crippen LogP contribution < -0.4 is 4.72 Å². The van der Waals surface area contributed by atoms with Gasteiger partial charge in [0.15, 0.2) is 5.82 Å². The van der Waals surface area contributed by atoms with Gasteiger partial charge >= 0.3 is 0 Å². The lowest BCUT2D eigenvalue weighted by molar-refractivity contribution is 0.199. The topological polar surface area (TPSA) is 105 Å². The molecule has 0 saturated carbocycles. The van der Waals surface area contributed by atoms with Crippen molar-refractivity contribution in [1.29, 1.82) is 0 Å². The number of rotatable bonds is 5. The summed E-state index contributed by atoms with van der Waals surface area (Å²) >= 11 is 0. The van der Waals surface area contributed by atoms with Crippen LogP contribution in [0.25, 0.3) is 0 Å². The first-order valence-corrected chi connectivity index (χ1v) is 7.00. The van der Waals surface area contributed by atoms with Gasteiger partial charge in [-0.25, -0.2) is 13.1 Å². The van der Waals surface area contributed by atoms with Crippen LogP contribution in [0.3, 0.4) is 0 Å². The maximum Gasteiger partial charge on any atom is 0.240 e. The van der Waals surface area contributed by atoms with Crippen LogP contribution in [-0.4, -0.2) is 23.7 Å². The summed E-state index contributed by atoms with van der Waals surface area (Å²) < 4.78 is 30.8. The highest BCUT2D eigenvalue weighted by Crippen LogP contribution is 2.15. The number of sulfonamides is 1. The van der Waals surface area contributed by atoms with E-state index in [1.165, 1.54) is 12.1 Å². The fourth-order valence-electron chi connectivity index (χ4n) is 1.44. The minimum atomic E-state index is -3.63. The molecule has 2 rings (SSSR count). The van der Waals surface area contributed by atoms with E-state index < -0.39 is 16.1 Å². The number of aliphatic hydroxyl groups is 1. The van der Waals surface area contributed by atoms with E-state index in [1.807, 2.05) is 0 Å². The smallest absolute Gasteiger partial charge is 0.240 e. The number of aromatic nitrogens is 2. The van der Waals surface area contributed by atoms with Crippen LogP contribution in [0, 0.1) is 0 Å². The zero-order valence-corrected chi connectivity index (χ0v) is 11.0. The average molecular weight is 283 g/mol. The summed E-state index contributed by atoms with van der Waals surface area (Å²) in [6, 6.07) is 5.99. The molecule has 0 aliphatic heterocycles. The quantitative estimate of drug-likeness (QED) is 0.832. The molecule has 0 aliphatic carbocycles. The van der Waals surface area contributed by atoms with Gasteiger partial charge in [-0.05, 0) is 24.6 Å². The largest absolute Gasteiger partial charge is 0.389 e. The normalized spacial score (nSPS) is 13.4. The summed E-state index contributed by atoms with van der Waals surface area (Å²) in [6.45, 7) is 1.56. The molecule has 0 aliphatic rings. The highest BCUT2D eigenvalue weighted by molar-refractivity contribution is 7.89. The Kier molecular flexibility index (Phi) is 3.93. The van der Waals surface area contributed by atoms with Crippen LogP contribution in [0.2, 0.25) is 0 Å². The van der Waals surface area contributed by atoms with E-state index >= 15 is 0 Å². The van der Waals surface area contributed by atoms with E-state index in [1.54, 1.807) is 19.1 Å². The molecule has 0 radical (unpaired) electrons. The van der Waals surface area contributed by atoms with Crippen molar-refractivity contribution in [3.8, 4) is 0 Å². The Balaban J connectivity index is 2.10. The van der Waals surface area contributed by atoms with Gasteiger partial charge in [-0.15, -0.1) is 0 Å². The Labute approximate surface area is 110 Å². The van der Waals surface area contributed by atoms with E-state index in [9.17, 15) is 13.5 Å². The summed E-state index contributed by atoms with van der Waals surface area (Å²) in [4.78, 5) is 3.82. The van der Waals surface area contributed by atoms with Gasteiger partial charge in [0.2, 0.25) is 16.4 Å². The van der Waals surface area contributed by atoms with Gasteiger partial charge in [-0.3, -0.25) is 0 Å². The van der Waals surface area contributed by atoms with Gasteiger partial charge in [0.1, 0.15) is 0 Å². The number of aliphatic hydroxyl groups excluding tert-OH is 1. The molecule has 19 heavy (non-hydrogen) atoms. The third kappa shape index (κ3) is 3.37. The Hall–Kier alpha value is -1.77. The number of nitrogens with zero attached hydrogens (tertiary/aromatic N) is 2. The van der Waals surface area contributed by atoms with Crippen molar-refractivity contribution in [2.24, 2.45) is 0 Å². The lowest BCUT2D eigenvalue weighted by Crippen LogP contribution is -2.23. The zero-order valence-electron chi connectivity index (χ0n) is 10.1. The summed E-state index contributed by atoms with van der Waals surface area (Å²) in [7, 11) is -3.63. The highest BCUT2D eigenvalue weighted by atomic mass is 32.2. The Morgan fingerprint density at radius 3 is 2.58 bits per heavy atom. The van der Waals surface area contributed by atoms with Crippen LogP contribution >= 0.6 is 0 Å². The van der Waals surface area contributed by atoms with E-state index in [4.69, 9.17) is 0 Å². The zero-order chi connectivity index (χ0) is 13.9. The van der Waals surface area contributed by atoms with Gasteiger partial charge in [-0.1, -0.05) is 17.3 Å². The third-order valence-electron chi connectivity index (χ3n) is 2.50. The molecule has 0 spiro atoms. The molecule has 2 N–H and O–H groups in total. The fraction of sp³-hybridized carbons (Fsp3) is 0.273. The average Bonchev–Trinajstić information content (AvgIpc) is 2.90. The van der Waals surface area contributed by atoms with E-state index in [2.05, 4.69) is 19.4 Å². The Morgan fingerprint density at radius 1 is 1.37 bits per heavy atom. The van der Waals surface area contributed by atoms with E-state index in [-0.39, 0.29) is 17.3 Å². The molecule has 102 valence electrons. The molecular formula is C11H13N3O4S. The van der Waals surface area contributed by atoms with Crippen LogP contribution in [0.5, 0.6) is 0 Å². The summed E-state index contributed by atoms with van der Waals surface area (Å²) in [6.07, 6.45) is 0.491. The molecular weight excluding hydrogens is 270 g/mol. The second kappa shape index (κ2) is 5.47. The number of nitrogens with one attached hydrogen (secondary N) is 1. The summed E-state index contributed by atoms with van der Waals surface area (Å²) in [5.74, 6) is 0.254. The maximum atomic E-state index is 11.9. The van der Waals surface area contributed by atoms with Crippen molar-refractivity contribution in [3.63, 3.8) is 0 Å². The van der Waals surface area contributed by atoms with Gasteiger partial charge in [0.05, 0.1) is 17.5 Å². The molecule has 0 fully saturated rings. The van der Waals surface area contributed by atoms with Crippen molar-refractivity contribution in [3.05, 3.63) is 42.0 Å². The molecule has 0 amide bonds. The third-order valence-corrected chi connectivity index (χ3v) is 3.92. The SMILES string of the molecule is CC(O)c1ccc(S(=O)(=O)NCc2ncon2)cc1. The lowest BCUT2D eigenvalue weighted by atomic mass is 10.1. The van der Waals surface area contributed by atoms with E-state index in [0.29, 0.717) is 5.56 Å². The maximum absolute atomic E-state index is 11.9. The Morgan fingerprint density at radius 2 is 2.05 bits per heavy atom. The standard InChI is InChI=1S/C11H13N3O4S/c1-8(15)9-2-4-10(5-3-9)19(16,17)13-6-11-12-7-18-14-11/h2-5,7-8,13,15H,6H2,1H3. The molecule has 1 unspecified atom stereocenters. The van der Waals surface area contributed by atoms with Crippen molar-refractivity contribution in [1.82, 2.24) is 14.9 Å². The summed E-state index contributed by atoms with van der Waals surface area (Å²) in [5, 5.41) is 12.9. The van der Waals surface area contributed by atoms with Crippen LogP contribution in [0.15, 0.2) is 40.1 Å². The molecule has 1 aromatic heterocycles. The van der Waals surface area contributed by atoms with Crippen LogP contribution in [0.4, 0.5) is 0 Å². The lowest BCUT2D eigenvalue weighted by Gasteiger charge is -2.07. The minimum absolute atomic E-state index is 0.0447. The summed E-state index contributed by atoms with van der Waals surface area (Å²) in [5.41, 5.74) is 0.650. The molecule has 1 heterocycles. The van der Waals surface area contributed by atoms with Gasteiger partial charge < -0.3 is 9.63 Å². The molecule has 2 aromatic rings. The van der Waals surface area contributed by atoms with Crippen molar-refractivity contribution < 1.29 is 18.0 Å². The molecule has 7 nitrogen and oxygen atoms in total. The molecule has 0 bridgehead atoms. The Bertz CT molecular complexity index is 620. The van der Waals surface area contributed by atoms with Gasteiger partial charge in [-0.2, -0.15) is 4.98 Å². The molecule has 0 saturated heterocycles. The minimum Gasteiger partial charge on any atom is -0.389 e. The number of hydrogen-bond acceptors (Lipinski definition) is 6. The fourth-order valence-corrected chi connectivity index (χ4v) is 2.42. The highest BCUT2D eigenvalue weighted by Gasteiger charge is 2.15. The first-order valence-electron chi connectivity index (χ1n) is 5.52.